The van der Waals surface area contributed by atoms with Crippen molar-refractivity contribution in [1.82, 2.24) is 0 Å². The van der Waals surface area contributed by atoms with Gasteiger partial charge in [0.1, 0.15) is 0 Å². The van der Waals surface area contributed by atoms with Gasteiger partial charge in [-0.05, 0) is 25.6 Å². The van der Waals surface area contributed by atoms with Gasteiger partial charge in [-0.2, -0.15) is 0 Å². The van der Waals surface area contributed by atoms with Gasteiger partial charge in [-0.1, -0.05) is 0 Å². The second-order valence-corrected chi connectivity index (χ2v) is 3.34. The van der Waals surface area contributed by atoms with Gasteiger partial charge in [0.25, 0.3) is 5.69 Å². The predicted molar refractivity (Wildman–Crippen MR) is 64.3 cm³/mol. The molecular weight excluding hydrogens is 254 g/mol. The number of nitro groups is 1. The van der Waals surface area contributed by atoms with Crippen LogP contribution >= 0.6 is 0 Å². The third-order valence-electron chi connectivity index (χ3n) is 2.03. The number of rotatable bonds is 5. The molecule has 0 amide bonds. The minimum atomic E-state index is -0.840. The number of esters is 2. The van der Waals surface area contributed by atoms with Crippen molar-refractivity contribution in [3.05, 3.63) is 52.3 Å². The third-order valence-corrected chi connectivity index (χ3v) is 2.03. The number of hydrogen-bond donors (Lipinski definition) is 0. The van der Waals surface area contributed by atoms with E-state index in [1.165, 1.54) is 12.1 Å². The lowest BCUT2D eigenvalue weighted by Crippen LogP contribution is -2.13. The summed E-state index contributed by atoms with van der Waals surface area (Å²) in [4.78, 5) is 32.6. The van der Waals surface area contributed by atoms with Crippen LogP contribution < -0.4 is 0 Å². The quantitative estimate of drug-likeness (QED) is 0.265. The Labute approximate surface area is 108 Å². The van der Waals surface area contributed by atoms with Crippen molar-refractivity contribution in [3.8, 4) is 0 Å². The van der Waals surface area contributed by atoms with Crippen LogP contribution in [-0.4, -0.2) is 23.5 Å². The Balaban J connectivity index is 2.70. The van der Waals surface area contributed by atoms with Crippen LogP contribution in [0.3, 0.4) is 0 Å². The highest BCUT2D eigenvalue weighted by molar-refractivity contribution is 5.95. The van der Waals surface area contributed by atoms with Crippen LogP contribution in [0.1, 0.15) is 17.3 Å². The zero-order valence-corrected chi connectivity index (χ0v) is 10.1. The maximum atomic E-state index is 11.6. The van der Waals surface area contributed by atoms with Gasteiger partial charge in [0.2, 0.25) is 5.76 Å². The van der Waals surface area contributed by atoms with E-state index in [0.29, 0.717) is 0 Å². The summed E-state index contributed by atoms with van der Waals surface area (Å²) in [5, 5.41) is 10.4. The molecular formula is C12H11NO6. The first-order chi connectivity index (χ1) is 8.95. The van der Waals surface area contributed by atoms with Gasteiger partial charge in [0.15, 0.2) is 0 Å². The van der Waals surface area contributed by atoms with Gasteiger partial charge in [0, 0.05) is 12.1 Å². The second-order valence-electron chi connectivity index (χ2n) is 3.34. The smallest absolute Gasteiger partial charge is 0.373 e. The van der Waals surface area contributed by atoms with Crippen molar-refractivity contribution in [2.75, 3.05) is 6.61 Å². The summed E-state index contributed by atoms with van der Waals surface area (Å²) in [5.74, 6) is -2.11. The lowest BCUT2D eigenvalue weighted by atomic mass is 10.2. The van der Waals surface area contributed by atoms with Crippen LogP contribution in [0.2, 0.25) is 0 Å². The first-order valence-electron chi connectivity index (χ1n) is 5.28. The Bertz CT molecular complexity index is 520. The molecule has 0 aliphatic carbocycles. The van der Waals surface area contributed by atoms with Crippen LogP contribution in [0.4, 0.5) is 5.69 Å². The van der Waals surface area contributed by atoms with Crippen molar-refractivity contribution in [2.24, 2.45) is 0 Å². The average molecular weight is 265 g/mol. The largest absolute Gasteiger partial charge is 0.460 e. The van der Waals surface area contributed by atoms with Crippen LogP contribution in [0.25, 0.3) is 0 Å². The summed E-state index contributed by atoms with van der Waals surface area (Å²) in [5.41, 5.74) is -0.0863. The lowest BCUT2D eigenvalue weighted by molar-refractivity contribution is -0.384. The summed E-state index contributed by atoms with van der Waals surface area (Å²) in [6, 6.07) is 4.76. The van der Waals surface area contributed by atoms with E-state index >= 15 is 0 Å². The predicted octanol–water partition coefficient (Wildman–Crippen LogP) is 1.83. The molecule has 0 aromatic heterocycles. The van der Waals surface area contributed by atoms with E-state index in [1.54, 1.807) is 6.92 Å². The minimum absolute atomic E-state index is 0.0658. The monoisotopic (exact) mass is 265 g/mol. The van der Waals surface area contributed by atoms with E-state index < -0.39 is 22.6 Å². The first kappa shape index (κ1) is 14.4. The van der Waals surface area contributed by atoms with Crippen LogP contribution in [0.15, 0.2) is 36.6 Å². The van der Waals surface area contributed by atoms with Crippen molar-refractivity contribution in [2.45, 2.75) is 6.92 Å². The fourth-order valence-electron chi connectivity index (χ4n) is 1.14. The minimum Gasteiger partial charge on any atom is -0.460 e. The Morgan fingerprint density at radius 2 is 1.89 bits per heavy atom. The van der Waals surface area contributed by atoms with E-state index in [4.69, 9.17) is 0 Å². The Morgan fingerprint density at radius 3 is 2.37 bits per heavy atom. The van der Waals surface area contributed by atoms with E-state index in [2.05, 4.69) is 16.1 Å². The zero-order valence-electron chi connectivity index (χ0n) is 10.1. The Hall–Kier alpha value is -2.70. The maximum absolute atomic E-state index is 11.6. The van der Waals surface area contributed by atoms with Gasteiger partial charge >= 0.3 is 11.9 Å². The van der Waals surface area contributed by atoms with Gasteiger partial charge in [0.05, 0.1) is 17.1 Å². The average Bonchev–Trinajstić information content (AvgIpc) is 2.38. The maximum Gasteiger partial charge on any atom is 0.373 e. The number of ether oxygens (including phenoxy) is 2. The number of non-ortho nitro benzene ring substituents is 1. The Morgan fingerprint density at radius 1 is 1.32 bits per heavy atom. The zero-order chi connectivity index (χ0) is 14.4. The van der Waals surface area contributed by atoms with Gasteiger partial charge in [-0.3, -0.25) is 10.1 Å². The highest BCUT2D eigenvalue weighted by Crippen LogP contribution is 2.13. The fraction of sp³-hybridized carbons (Fsp3) is 0.167. The first-order valence-corrected chi connectivity index (χ1v) is 5.28. The molecule has 0 fully saturated rings. The molecule has 0 aliphatic rings. The molecule has 1 rings (SSSR count). The lowest BCUT2D eigenvalue weighted by Gasteiger charge is -2.06. The number of carbonyl (C=O) groups excluding carboxylic acids is 2. The second kappa shape index (κ2) is 6.29. The molecule has 100 valence electrons. The molecule has 7 nitrogen and oxygen atoms in total. The molecule has 1 aromatic carbocycles. The van der Waals surface area contributed by atoms with E-state index in [1.807, 2.05) is 0 Å². The number of hydrogen-bond acceptors (Lipinski definition) is 6. The molecule has 7 heteroatoms. The molecule has 0 unspecified atom stereocenters. The van der Waals surface area contributed by atoms with Crippen molar-refractivity contribution in [3.63, 3.8) is 0 Å². The van der Waals surface area contributed by atoms with Gasteiger partial charge < -0.3 is 9.47 Å². The number of nitro benzene ring substituents is 1. The number of carbonyl (C=O) groups is 2. The van der Waals surface area contributed by atoms with E-state index in [9.17, 15) is 19.7 Å². The topological polar surface area (TPSA) is 95.7 Å². The molecule has 0 N–H and O–H groups in total. The summed E-state index contributed by atoms with van der Waals surface area (Å²) >= 11 is 0. The normalized spacial score (nSPS) is 9.53. The SMILES string of the molecule is C=C(OC(=O)c1ccc([N+](=O)[O-])cc1)C(=O)OCC. The highest BCUT2D eigenvalue weighted by Gasteiger charge is 2.16. The standard InChI is InChI=1S/C12H11NO6/c1-3-18-11(14)8(2)19-12(15)9-4-6-10(7-5-9)13(16)17/h4-7H,2-3H2,1H3. The molecule has 0 saturated carbocycles. The molecule has 19 heavy (non-hydrogen) atoms. The molecule has 0 spiro atoms. The van der Waals surface area contributed by atoms with Crippen molar-refractivity contribution in [1.29, 1.82) is 0 Å². The summed E-state index contributed by atoms with van der Waals surface area (Å²) in [6.45, 7) is 4.99. The summed E-state index contributed by atoms with van der Waals surface area (Å²) < 4.78 is 9.26. The summed E-state index contributed by atoms with van der Waals surface area (Å²) in [7, 11) is 0. The molecule has 0 atom stereocenters. The van der Waals surface area contributed by atoms with E-state index in [-0.39, 0.29) is 17.9 Å². The number of benzene rings is 1. The fourth-order valence-corrected chi connectivity index (χ4v) is 1.14. The molecule has 0 aliphatic heterocycles. The molecule has 1 aromatic rings. The third kappa shape index (κ3) is 3.91. The van der Waals surface area contributed by atoms with Crippen LogP contribution in [-0.2, 0) is 14.3 Å². The molecule has 0 heterocycles. The molecule has 0 radical (unpaired) electrons. The number of nitrogens with zero attached hydrogens (tertiary/aromatic N) is 1. The molecule has 0 saturated heterocycles. The van der Waals surface area contributed by atoms with Crippen LogP contribution in [0.5, 0.6) is 0 Å². The summed E-state index contributed by atoms with van der Waals surface area (Å²) in [6.07, 6.45) is 0. The molecule has 0 bridgehead atoms. The van der Waals surface area contributed by atoms with Gasteiger partial charge in [-0.15, -0.1) is 0 Å². The van der Waals surface area contributed by atoms with Crippen molar-refractivity contribution < 1.29 is 24.0 Å². The van der Waals surface area contributed by atoms with Gasteiger partial charge in [-0.25, -0.2) is 9.59 Å². The van der Waals surface area contributed by atoms with E-state index in [0.717, 1.165) is 12.1 Å². The highest BCUT2D eigenvalue weighted by atomic mass is 16.6. The van der Waals surface area contributed by atoms with Crippen molar-refractivity contribution >= 4 is 17.6 Å². The van der Waals surface area contributed by atoms with Crippen LogP contribution in [0, 0.1) is 10.1 Å². The Kier molecular flexibility index (Phi) is 4.76.